The standard InChI is InChI=1S/C36H58O12S/c1-3-5-7-9-11-13-14-15-16-17-19-21-23-25-32(38)47-29(26-45-31(37)24-22-20-18-12-10-8-6-4-2)27-46-36-35(41)34(40)33(39)30(48-36)28-49(42,43)44/h5,7,9,11,13-16,18,20,29-30,33-36,39-41H,3-4,6,8,10,12,17,19,21-28H2,1-2H3,(H,42,43,44)/b7-5+,11-9+,14-13+,16-15+,20-18+/t29?,30-,33-,34?,35?,36+/m1/s1. The molecule has 49 heavy (non-hydrogen) atoms. The summed E-state index contributed by atoms with van der Waals surface area (Å²) in [6, 6.07) is 0. The second-order valence-corrected chi connectivity index (χ2v) is 13.4. The molecule has 0 aromatic heterocycles. The number of allylic oxidation sites excluding steroid dienone is 10. The SMILES string of the molecule is CC/C=C/C=C/C=C/C=C/CCCCCC(=O)OC(COC(=O)CC/C=C/CCCCCC)CO[C@H]1O[C@H](CS(=O)(=O)O)[C@@H](O)C(O)C1O. The van der Waals surface area contributed by atoms with Gasteiger partial charge < -0.3 is 34.3 Å². The van der Waals surface area contributed by atoms with E-state index >= 15 is 0 Å². The van der Waals surface area contributed by atoms with Crippen LogP contribution in [0.5, 0.6) is 0 Å². The number of esters is 2. The van der Waals surface area contributed by atoms with Crippen molar-refractivity contribution in [2.45, 2.75) is 134 Å². The van der Waals surface area contributed by atoms with Crippen LogP contribution in [0.1, 0.15) is 97.3 Å². The van der Waals surface area contributed by atoms with Gasteiger partial charge in [-0.2, -0.15) is 8.42 Å². The summed E-state index contributed by atoms with van der Waals surface area (Å²) >= 11 is 0. The highest BCUT2D eigenvalue weighted by molar-refractivity contribution is 7.85. The Morgan fingerprint density at radius 1 is 0.714 bits per heavy atom. The van der Waals surface area contributed by atoms with Gasteiger partial charge in [0.05, 0.1) is 6.61 Å². The third-order valence-electron chi connectivity index (χ3n) is 7.44. The molecule has 1 saturated heterocycles. The molecule has 13 heteroatoms. The highest BCUT2D eigenvalue weighted by Crippen LogP contribution is 2.23. The third kappa shape index (κ3) is 22.6. The number of rotatable bonds is 26. The zero-order chi connectivity index (χ0) is 36.3. The molecular formula is C36H58O12S. The lowest BCUT2D eigenvalue weighted by atomic mass is 10.00. The topological polar surface area (TPSA) is 186 Å². The van der Waals surface area contributed by atoms with Gasteiger partial charge in [0.2, 0.25) is 0 Å². The van der Waals surface area contributed by atoms with E-state index in [1.165, 1.54) is 12.8 Å². The number of aliphatic hydroxyl groups excluding tert-OH is 3. The van der Waals surface area contributed by atoms with Crippen molar-refractivity contribution in [2.75, 3.05) is 19.0 Å². The van der Waals surface area contributed by atoms with Gasteiger partial charge in [0, 0.05) is 12.8 Å². The average molecular weight is 715 g/mol. The van der Waals surface area contributed by atoms with Crippen molar-refractivity contribution < 1.29 is 56.8 Å². The first-order chi connectivity index (χ1) is 23.5. The first kappa shape index (κ1) is 44.4. The molecular weight excluding hydrogens is 656 g/mol. The van der Waals surface area contributed by atoms with E-state index in [0.29, 0.717) is 12.8 Å². The monoisotopic (exact) mass is 714 g/mol. The van der Waals surface area contributed by atoms with Crippen molar-refractivity contribution in [3.8, 4) is 0 Å². The lowest BCUT2D eigenvalue weighted by molar-refractivity contribution is -0.297. The summed E-state index contributed by atoms with van der Waals surface area (Å²) in [5, 5.41) is 30.6. The summed E-state index contributed by atoms with van der Waals surface area (Å²) < 4.78 is 53.5. The van der Waals surface area contributed by atoms with Gasteiger partial charge in [-0.25, -0.2) is 0 Å². The normalized spacial score (nSPS) is 22.6. The predicted molar refractivity (Wildman–Crippen MR) is 187 cm³/mol. The minimum Gasteiger partial charge on any atom is -0.462 e. The van der Waals surface area contributed by atoms with Gasteiger partial charge in [-0.05, 0) is 44.9 Å². The molecule has 6 atom stereocenters. The highest BCUT2D eigenvalue weighted by atomic mass is 32.2. The van der Waals surface area contributed by atoms with Crippen LogP contribution in [0.25, 0.3) is 0 Å². The van der Waals surface area contributed by atoms with Crippen LogP contribution in [0.4, 0.5) is 0 Å². The van der Waals surface area contributed by atoms with Crippen molar-refractivity contribution >= 4 is 22.1 Å². The molecule has 0 aromatic carbocycles. The van der Waals surface area contributed by atoms with Crippen molar-refractivity contribution in [1.29, 1.82) is 0 Å². The lowest BCUT2D eigenvalue weighted by Crippen LogP contribution is -2.60. The van der Waals surface area contributed by atoms with E-state index in [0.717, 1.165) is 44.9 Å². The molecule has 0 spiro atoms. The molecule has 3 unspecified atom stereocenters. The minimum atomic E-state index is -4.60. The molecule has 280 valence electrons. The fraction of sp³-hybridized carbons (Fsp3) is 0.667. The molecule has 0 bridgehead atoms. The number of ether oxygens (including phenoxy) is 4. The van der Waals surface area contributed by atoms with E-state index < -0.39 is 71.2 Å². The number of hydrogen-bond acceptors (Lipinski definition) is 11. The molecule has 1 heterocycles. The van der Waals surface area contributed by atoms with Crippen molar-refractivity contribution in [3.63, 3.8) is 0 Å². The van der Waals surface area contributed by atoms with Crippen LogP contribution in [-0.4, -0.2) is 96.0 Å². The predicted octanol–water partition coefficient (Wildman–Crippen LogP) is 5.05. The number of hydrogen-bond donors (Lipinski definition) is 4. The number of carbonyl (C=O) groups excluding carboxylic acids is 2. The Balaban J connectivity index is 2.64. The van der Waals surface area contributed by atoms with E-state index in [1.54, 1.807) is 0 Å². The summed E-state index contributed by atoms with van der Waals surface area (Å²) in [7, 11) is -4.60. The summed E-state index contributed by atoms with van der Waals surface area (Å²) in [5.74, 6) is -2.12. The Labute approximate surface area is 292 Å². The maximum atomic E-state index is 12.6. The van der Waals surface area contributed by atoms with E-state index in [1.807, 2.05) is 54.7 Å². The molecule has 1 fully saturated rings. The molecule has 0 aromatic rings. The Hall–Kier alpha value is -2.65. The van der Waals surface area contributed by atoms with E-state index in [9.17, 15) is 33.3 Å². The largest absolute Gasteiger partial charge is 0.462 e. The smallest absolute Gasteiger partial charge is 0.306 e. The van der Waals surface area contributed by atoms with Crippen molar-refractivity contribution in [2.24, 2.45) is 0 Å². The van der Waals surface area contributed by atoms with Crippen LogP contribution >= 0.6 is 0 Å². The first-order valence-corrected chi connectivity index (χ1v) is 19.0. The second-order valence-electron chi connectivity index (χ2n) is 11.9. The fourth-order valence-corrected chi connectivity index (χ4v) is 5.39. The van der Waals surface area contributed by atoms with Crippen LogP contribution in [0.15, 0.2) is 60.8 Å². The van der Waals surface area contributed by atoms with Gasteiger partial charge in [0.25, 0.3) is 10.1 Å². The van der Waals surface area contributed by atoms with Gasteiger partial charge in [0.1, 0.15) is 36.8 Å². The second kappa shape index (κ2) is 27.1. The molecule has 0 radical (unpaired) electrons. The van der Waals surface area contributed by atoms with Crippen LogP contribution in [0.2, 0.25) is 0 Å². The zero-order valence-corrected chi connectivity index (χ0v) is 29.8. The van der Waals surface area contributed by atoms with Gasteiger partial charge in [0.15, 0.2) is 12.4 Å². The van der Waals surface area contributed by atoms with Gasteiger partial charge in [-0.1, -0.05) is 100 Å². The minimum absolute atomic E-state index is 0.108. The van der Waals surface area contributed by atoms with Gasteiger partial charge >= 0.3 is 11.9 Å². The number of unbranched alkanes of at least 4 members (excludes halogenated alkanes) is 7. The van der Waals surface area contributed by atoms with E-state index in [2.05, 4.69) is 19.9 Å². The summed E-state index contributed by atoms with van der Waals surface area (Å²) in [6.45, 7) is 3.44. The summed E-state index contributed by atoms with van der Waals surface area (Å²) in [6.07, 6.45) is 20.4. The average Bonchev–Trinajstić information content (AvgIpc) is 3.05. The molecule has 0 aliphatic carbocycles. The van der Waals surface area contributed by atoms with Crippen LogP contribution in [0.3, 0.4) is 0 Å². The Morgan fingerprint density at radius 3 is 2.02 bits per heavy atom. The van der Waals surface area contributed by atoms with Gasteiger partial charge in [-0.3, -0.25) is 14.1 Å². The lowest BCUT2D eigenvalue weighted by Gasteiger charge is -2.40. The molecule has 1 rings (SSSR count). The van der Waals surface area contributed by atoms with E-state index in [-0.39, 0.29) is 19.4 Å². The Kier molecular flexibility index (Phi) is 24.6. The number of carbonyl (C=O) groups is 2. The molecule has 0 amide bonds. The highest BCUT2D eigenvalue weighted by Gasteiger charge is 2.46. The zero-order valence-electron chi connectivity index (χ0n) is 29.0. The van der Waals surface area contributed by atoms with Crippen LogP contribution in [0, 0.1) is 0 Å². The summed E-state index contributed by atoms with van der Waals surface area (Å²) in [5.41, 5.74) is 0. The molecule has 1 aliphatic heterocycles. The summed E-state index contributed by atoms with van der Waals surface area (Å²) in [4.78, 5) is 25.0. The Bertz CT molecular complexity index is 1160. The molecule has 4 N–H and O–H groups in total. The maximum absolute atomic E-state index is 12.6. The van der Waals surface area contributed by atoms with Gasteiger partial charge in [-0.15, -0.1) is 0 Å². The molecule has 0 saturated carbocycles. The van der Waals surface area contributed by atoms with Crippen LogP contribution in [-0.2, 0) is 38.7 Å². The fourth-order valence-electron chi connectivity index (χ4n) is 4.70. The first-order valence-electron chi connectivity index (χ1n) is 17.4. The van der Waals surface area contributed by atoms with E-state index in [4.69, 9.17) is 23.5 Å². The van der Waals surface area contributed by atoms with Crippen molar-refractivity contribution in [1.82, 2.24) is 0 Å². The number of aliphatic hydroxyl groups is 3. The maximum Gasteiger partial charge on any atom is 0.306 e. The van der Waals surface area contributed by atoms with Crippen molar-refractivity contribution in [3.05, 3.63) is 60.8 Å². The molecule has 12 nitrogen and oxygen atoms in total. The van der Waals surface area contributed by atoms with Crippen LogP contribution < -0.4 is 0 Å². The quantitative estimate of drug-likeness (QED) is 0.0308. The Morgan fingerprint density at radius 2 is 1.35 bits per heavy atom. The third-order valence-corrected chi connectivity index (χ3v) is 8.19. The molecule has 1 aliphatic rings.